The van der Waals surface area contributed by atoms with Gasteiger partial charge < -0.3 is 5.73 Å². The molecule has 1 aromatic rings. The van der Waals surface area contributed by atoms with E-state index in [4.69, 9.17) is 5.73 Å². The first-order chi connectivity index (χ1) is 9.79. The Balaban J connectivity index is 1.82. The van der Waals surface area contributed by atoms with Gasteiger partial charge in [0.25, 0.3) is 0 Å². The molecule has 0 radical (unpaired) electrons. The Morgan fingerprint density at radius 3 is 2.45 bits per heavy atom. The van der Waals surface area contributed by atoms with E-state index in [-0.39, 0.29) is 0 Å². The first-order valence-corrected chi connectivity index (χ1v) is 8.56. The second-order valence-electron chi connectivity index (χ2n) is 6.67. The zero-order chi connectivity index (χ0) is 14.3. The Labute approximate surface area is 125 Å². The van der Waals surface area contributed by atoms with E-state index in [0.29, 0.717) is 5.41 Å². The molecule has 0 bridgehead atoms. The van der Waals surface area contributed by atoms with Crippen LogP contribution in [0.4, 0.5) is 0 Å². The number of hydrogen-bond acceptors (Lipinski definition) is 1. The summed E-state index contributed by atoms with van der Waals surface area (Å²) in [6.07, 6.45) is 13.3. The van der Waals surface area contributed by atoms with Gasteiger partial charge in [0.15, 0.2) is 0 Å². The first-order valence-electron chi connectivity index (χ1n) is 8.56. The monoisotopic (exact) mass is 273 g/mol. The maximum atomic E-state index is 6.16. The van der Waals surface area contributed by atoms with Gasteiger partial charge in [0.1, 0.15) is 0 Å². The van der Waals surface area contributed by atoms with Gasteiger partial charge in [0.05, 0.1) is 0 Å². The largest absolute Gasteiger partial charge is 0.330 e. The molecule has 1 aliphatic carbocycles. The number of nitrogens with two attached hydrogens (primary N) is 1. The summed E-state index contributed by atoms with van der Waals surface area (Å²) in [6, 6.07) is 8.94. The van der Waals surface area contributed by atoms with Gasteiger partial charge in [-0.1, -0.05) is 69.7 Å². The molecule has 0 aliphatic heterocycles. The van der Waals surface area contributed by atoms with E-state index in [2.05, 4.69) is 31.2 Å². The van der Waals surface area contributed by atoms with E-state index in [0.717, 1.165) is 6.54 Å². The van der Waals surface area contributed by atoms with Gasteiger partial charge in [-0.2, -0.15) is 0 Å². The lowest BCUT2D eigenvalue weighted by molar-refractivity contribution is 0.226. The summed E-state index contributed by atoms with van der Waals surface area (Å²) in [6.45, 7) is 3.14. The van der Waals surface area contributed by atoms with Crippen LogP contribution in [0, 0.1) is 5.41 Å². The lowest BCUT2D eigenvalue weighted by Crippen LogP contribution is -2.36. The normalized spacial score (nSPS) is 21.7. The van der Waals surface area contributed by atoms with Crippen molar-refractivity contribution in [2.75, 3.05) is 6.54 Å². The number of benzene rings is 1. The molecule has 1 atom stereocenters. The summed E-state index contributed by atoms with van der Waals surface area (Å²) >= 11 is 0. The molecule has 1 nitrogen and oxygen atoms in total. The average molecular weight is 273 g/mol. The van der Waals surface area contributed by atoms with Crippen LogP contribution in [0.3, 0.4) is 0 Å². The zero-order valence-electron chi connectivity index (χ0n) is 13.2. The van der Waals surface area contributed by atoms with E-state index in [1.165, 1.54) is 64.2 Å². The van der Waals surface area contributed by atoms with Gasteiger partial charge in [-0.25, -0.2) is 0 Å². The summed E-state index contributed by atoms with van der Waals surface area (Å²) in [5, 5.41) is 0. The lowest BCUT2D eigenvalue weighted by atomic mass is 9.69. The standard InChI is InChI=1S/C19H31N/c1-2-3-4-5-6-9-13-19(16-20)14-12-17-10-7-8-11-18(17)15-19/h7-8,10-11H,2-6,9,12-16,20H2,1H3. The summed E-state index contributed by atoms with van der Waals surface area (Å²) < 4.78 is 0. The van der Waals surface area contributed by atoms with Crippen LogP contribution >= 0.6 is 0 Å². The molecular weight excluding hydrogens is 242 g/mol. The molecule has 1 heteroatoms. The van der Waals surface area contributed by atoms with Crippen molar-refractivity contribution in [1.29, 1.82) is 0 Å². The molecule has 20 heavy (non-hydrogen) atoms. The smallest absolute Gasteiger partial charge is 0.00172 e. The third-order valence-electron chi connectivity index (χ3n) is 5.10. The van der Waals surface area contributed by atoms with Crippen LogP contribution in [-0.4, -0.2) is 6.54 Å². The summed E-state index contributed by atoms with van der Waals surface area (Å²) in [5.41, 5.74) is 9.65. The molecule has 2 N–H and O–H groups in total. The van der Waals surface area contributed by atoms with E-state index < -0.39 is 0 Å². The average Bonchev–Trinajstić information content (AvgIpc) is 2.50. The molecule has 1 unspecified atom stereocenters. The minimum absolute atomic E-state index is 0.388. The molecule has 0 aromatic heterocycles. The predicted octanol–water partition coefficient (Wildman–Crippen LogP) is 4.87. The molecule has 0 amide bonds. The maximum Gasteiger partial charge on any atom is -0.00172 e. The molecule has 0 heterocycles. The SMILES string of the molecule is CCCCCCCCC1(CN)CCc2ccccc2C1. The van der Waals surface area contributed by atoms with Crippen molar-refractivity contribution in [2.24, 2.45) is 11.1 Å². The maximum absolute atomic E-state index is 6.16. The van der Waals surface area contributed by atoms with E-state index >= 15 is 0 Å². The van der Waals surface area contributed by atoms with Crippen molar-refractivity contribution in [3.63, 3.8) is 0 Å². The van der Waals surface area contributed by atoms with Crippen molar-refractivity contribution < 1.29 is 0 Å². The number of rotatable bonds is 8. The number of hydrogen-bond donors (Lipinski definition) is 1. The number of unbranched alkanes of at least 4 members (excludes halogenated alkanes) is 5. The molecule has 0 saturated heterocycles. The number of fused-ring (bicyclic) bond motifs is 1. The third-order valence-corrected chi connectivity index (χ3v) is 5.10. The summed E-state index contributed by atoms with van der Waals surface area (Å²) in [4.78, 5) is 0. The molecule has 2 rings (SSSR count). The predicted molar refractivity (Wildman–Crippen MR) is 87.9 cm³/mol. The minimum Gasteiger partial charge on any atom is -0.330 e. The highest BCUT2D eigenvalue weighted by Gasteiger charge is 2.32. The third kappa shape index (κ3) is 4.09. The van der Waals surface area contributed by atoms with E-state index in [9.17, 15) is 0 Å². The summed E-state index contributed by atoms with van der Waals surface area (Å²) in [5.74, 6) is 0. The Kier molecular flexibility index (Phi) is 6.09. The van der Waals surface area contributed by atoms with Crippen molar-refractivity contribution in [1.82, 2.24) is 0 Å². The Morgan fingerprint density at radius 1 is 1.00 bits per heavy atom. The van der Waals surface area contributed by atoms with Gasteiger partial charge in [0.2, 0.25) is 0 Å². The topological polar surface area (TPSA) is 26.0 Å². The van der Waals surface area contributed by atoms with Gasteiger partial charge in [-0.15, -0.1) is 0 Å². The summed E-state index contributed by atoms with van der Waals surface area (Å²) in [7, 11) is 0. The zero-order valence-corrected chi connectivity index (χ0v) is 13.2. The fraction of sp³-hybridized carbons (Fsp3) is 0.684. The van der Waals surface area contributed by atoms with E-state index in [1.807, 2.05) is 0 Å². The van der Waals surface area contributed by atoms with Gasteiger partial charge >= 0.3 is 0 Å². The molecule has 112 valence electrons. The molecule has 1 aliphatic rings. The minimum atomic E-state index is 0.388. The number of aryl methyl sites for hydroxylation is 1. The molecular formula is C19H31N. The molecule has 0 spiro atoms. The Hall–Kier alpha value is -0.820. The highest BCUT2D eigenvalue weighted by Crippen LogP contribution is 2.38. The molecule has 0 fully saturated rings. The van der Waals surface area contributed by atoms with Crippen molar-refractivity contribution >= 4 is 0 Å². The van der Waals surface area contributed by atoms with Crippen molar-refractivity contribution in [3.05, 3.63) is 35.4 Å². The highest BCUT2D eigenvalue weighted by molar-refractivity contribution is 5.31. The van der Waals surface area contributed by atoms with Crippen molar-refractivity contribution in [2.45, 2.75) is 71.1 Å². The Bertz CT molecular complexity index is 399. The fourth-order valence-electron chi connectivity index (χ4n) is 3.64. The second kappa shape index (κ2) is 7.83. The van der Waals surface area contributed by atoms with Crippen LogP contribution in [0.25, 0.3) is 0 Å². The highest BCUT2D eigenvalue weighted by atomic mass is 14.6. The quantitative estimate of drug-likeness (QED) is 0.672. The van der Waals surface area contributed by atoms with Crippen LogP contribution in [0.2, 0.25) is 0 Å². The van der Waals surface area contributed by atoms with Crippen LogP contribution in [0.1, 0.15) is 69.4 Å². The lowest BCUT2D eigenvalue weighted by Gasteiger charge is -2.37. The van der Waals surface area contributed by atoms with Crippen LogP contribution in [-0.2, 0) is 12.8 Å². The Morgan fingerprint density at radius 2 is 1.70 bits per heavy atom. The second-order valence-corrected chi connectivity index (χ2v) is 6.67. The van der Waals surface area contributed by atoms with Crippen LogP contribution in [0.5, 0.6) is 0 Å². The molecule has 1 aromatic carbocycles. The van der Waals surface area contributed by atoms with Crippen molar-refractivity contribution in [3.8, 4) is 0 Å². The first kappa shape index (κ1) is 15.6. The molecule has 0 saturated carbocycles. The fourth-order valence-corrected chi connectivity index (χ4v) is 3.64. The van der Waals surface area contributed by atoms with Crippen LogP contribution in [0.15, 0.2) is 24.3 Å². The van der Waals surface area contributed by atoms with Gasteiger partial charge in [0, 0.05) is 0 Å². The van der Waals surface area contributed by atoms with Crippen LogP contribution < -0.4 is 5.73 Å². The van der Waals surface area contributed by atoms with Gasteiger partial charge in [-0.05, 0) is 48.8 Å². The van der Waals surface area contributed by atoms with E-state index in [1.54, 1.807) is 11.1 Å². The van der Waals surface area contributed by atoms with Gasteiger partial charge in [-0.3, -0.25) is 0 Å².